The quantitative estimate of drug-likeness (QED) is 0.0398. The van der Waals surface area contributed by atoms with Crippen LogP contribution in [0.15, 0.2) is 60.0 Å². The van der Waals surface area contributed by atoms with Crippen molar-refractivity contribution in [1.82, 2.24) is 24.7 Å². The molecule has 3 aromatic rings. The highest BCUT2D eigenvalue weighted by Gasteiger charge is 2.56. The van der Waals surface area contributed by atoms with Gasteiger partial charge in [0.05, 0.1) is 54.8 Å². The molecule has 5 N–H and O–H groups in total. The first-order chi connectivity index (χ1) is 42.5. The van der Waals surface area contributed by atoms with Gasteiger partial charge in [-0.2, -0.15) is 0 Å². The molecule has 21 nitrogen and oxygen atoms in total. The second kappa shape index (κ2) is 31.6. The van der Waals surface area contributed by atoms with Gasteiger partial charge in [-0.15, -0.1) is 0 Å². The highest BCUT2D eigenvalue weighted by molar-refractivity contribution is 6.39. The van der Waals surface area contributed by atoms with Gasteiger partial charge in [-0.25, -0.2) is 19.2 Å². The monoisotopic (exact) mass is 1260 g/mol. The van der Waals surface area contributed by atoms with Crippen LogP contribution >= 0.6 is 11.6 Å². The van der Waals surface area contributed by atoms with Crippen molar-refractivity contribution in [2.24, 2.45) is 29.6 Å². The minimum Gasteiger partial charge on any atom is -0.493 e. The van der Waals surface area contributed by atoms with E-state index in [1.54, 1.807) is 46.3 Å². The van der Waals surface area contributed by atoms with Gasteiger partial charge in [0.2, 0.25) is 11.7 Å². The summed E-state index contributed by atoms with van der Waals surface area (Å²) in [5.41, 5.74) is 2.62. The molecule has 5 aliphatic rings. The number of aromatic nitrogens is 2. The number of esters is 1. The molecule has 1 saturated carbocycles. The summed E-state index contributed by atoms with van der Waals surface area (Å²) < 4.78 is 49.8. The van der Waals surface area contributed by atoms with E-state index < -0.39 is 95.8 Å². The summed E-state index contributed by atoms with van der Waals surface area (Å²) in [6.07, 6.45) is 3.37. The number of anilines is 2. The van der Waals surface area contributed by atoms with Crippen LogP contribution < -0.4 is 14.8 Å². The number of amides is 2. The molecule has 5 heterocycles. The third-order valence-electron chi connectivity index (χ3n) is 18.8. The molecule has 4 aliphatic heterocycles. The smallest absolute Gasteiger partial charge is 0.329 e. The lowest BCUT2D eigenvalue weighted by molar-refractivity contribution is -0.300. The lowest BCUT2D eigenvalue weighted by Gasteiger charge is -2.46. The van der Waals surface area contributed by atoms with E-state index in [1.807, 2.05) is 30.9 Å². The zero-order chi connectivity index (χ0) is 64.3. The lowest BCUT2D eigenvalue weighted by atomic mass is 9.81. The van der Waals surface area contributed by atoms with Gasteiger partial charge in [0, 0.05) is 101 Å². The molecular formula is C66H92ClFN6O15. The largest absolute Gasteiger partial charge is 0.493 e. The molecule has 4 fully saturated rings. The molecular weight excluding hydrogens is 1170 g/mol. The Kier molecular flexibility index (Phi) is 24.5. The second-order valence-corrected chi connectivity index (χ2v) is 25.8. The zero-order valence-corrected chi connectivity index (χ0v) is 53.5. The SMILES string of the molecule is COc1cc2ncnc(Nc3ccc(F)c(Cl)c3)c2cc1OCCCN1CCN(C(=O)CCC[C@@H]2/C=C(\C)C[C@H](C)C[C@H](OC)[C@H]3O[C@@](O)(C(=O)C(=O)N4CCCC[C@H]4C(=O)O[C@H](/C(C)=C/[C@@H]4CC[C@@H](O)[C@H](OC)C4)[C@H](C)[C@@H](O)CC2=O)[C@H](C)C[C@@H]3O)CC1. The third-order valence-corrected chi connectivity index (χ3v) is 19.1. The van der Waals surface area contributed by atoms with Gasteiger partial charge in [0.25, 0.3) is 11.7 Å². The number of nitrogens with one attached hydrogen (secondary N) is 1. The van der Waals surface area contributed by atoms with Crippen molar-refractivity contribution >= 4 is 63.4 Å². The fourth-order valence-corrected chi connectivity index (χ4v) is 13.7. The summed E-state index contributed by atoms with van der Waals surface area (Å²) in [5.74, 6) is -7.96. The van der Waals surface area contributed by atoms with Crippen LogP contribution in [-0.2, 0) is 42.9 Å². The first-order valence-corrected chi connectivity index (χ1v) is 32.0. The zero-order valence-electron chi connectivity index (χ0n) is 52.7. The molecule has 14 atom stereocenters. The van der Waals surface area contributed by atoms with Crippen LogP contribution in [0.4, 0.5) is 15.9 Å². The van der Waals surface area contributed by atoms with Gasteiger partial charge < -0.3 is 64.0 Å². The normalized spacial score (nSPS) is 31.7. The molecule has 490 valence electrons. The minimum atomic E-state index is -2.65. The molecule has 8 rings (SSSR count). The predicted molar refractivity (Wildman–Crippen MR) is 331 cm³/mol. The van der Waals surface area contributed by atoms with Crippen LogP contribution in [0.5, 0.6) is 11.5 Å². The number of Topliss-reactive ketones (excluding diaryl/α,β-unsaturated/α-hetero) is 2. The number of aliphatic hydroxyl groups is 4. The molecule has 89 heavy (non-hydrogen) atoms. The number of carbonyl (C=O) groups is 5. The van der Waals surface area contributed by atoms with Gasteiger partial charge in [0.1, 0.15) is 42.0 Å². The van der Waals surface area contributed by atoms with E-state index in [4.69, 9.17) is 40.0 Å². The van der Waals surface area contributed by atoms with Gasteiger partial charge in [-0.05, 0) is 133 Å². The second-order valence-electron chi connectivity index (χ2n) is 25.4. The van der Waals surface area contributed by atoms with Crippen molar-refractivity contribution in [2.75, 3.05) is 72.5 Å². The number of cyclic esters (lactones) is 1. The van der Waals surface area contributed by atoms with Gasteiger partial charge in [0.15, 0.2) is 11.5 Å². The number of methoxy groups -OCH3 is 3. The summed E-state index contributed by atoms with van der Waals surface area (Å²) in [5, 5.41) is 50.2. The van der Waals surface area contributed by atoms with Crippen LogP contribution in [0.1, 0.15) is 125 Å². The Balaban J connectivity index is 0.939. The molecule has 0 spiro atoms. The van der Waals surface area contributed by atoms with E-state index in [0.717, 1.165) is 17.0 Å². The topological polar surface area (TPSA) is 269 Å². The fourth-order valence-electron chi connectivity index (χ4n) is 13.6. The van der Waals surface area contributed by atoms with Gasteiger partial charge >= 0.3 is 5.97 Å². The van der Waals surface area contributed by atoms with E-state index in [9.17, 15) is 48.8 Å². The van der Waals surface area contributed by atoms with Crippen molar-refractivity contribution in [1.29, 1.82) is 0 Å². The van der Waals surface area contributed by atoms with E-state index in [-0.39, 0.29) is 60.8 Å². The average Bonchev–Trinajstić information content (AvgIpc) is 1.94. The van der Waals surface area contributed by atoms with E-state index >= 15 is 0 Å². The Labute approximate surface area is 526 Å². The number of benzene rings is 2. The summed E-state index contributed by atoms with van der Waals surface area (Å²) in [6, 6.07) is 6.65. The van der Waals surface area contributed by atoms with Crippen molar-refractivity contribution in [3.05, 3.63) is 70.8 Å². The number of allylic oxidation sites excluding steroid dienone is 3. The molecule has 3 saturated heterocycles. The number of fused-ring (bicyclic) bond motifs is 4. The number of hydrogen-bond acceptors (Lipinski definition) is 19. The van der Waals surface area contributed by atoms with Crippen molar-refractivity contribution < 1.29 is 77.2 Å². The highest BCUT2D eigenvalue weighted by Crippen LogP contribution is 2.40. The number of aliphatic hydroxyl groups excluding tert-OH is 3. The van der Waals surface area contributed by atoms with Gasteiger partial charge in [-0.3, -0.25) is 24.1 Å². The molecule has 2 amide bonds. The average molecular weight is 1260 g/mol. The van der Waals surface area contributed by atoms with Crippen LogP contribution in [0, 0.1) is 35.4 Å². The number of ether oxygens (including phenoxy) is 6. The summed E-state index contributed by atoms with van der Waals surface area (Å²) >= 11 is 6.03. The number of piperidine rings is 1. The lowest BCUT2D eigenvalue weighted by Crippen LogP contribution is -2.64. The van der Waals surface area contributed by atoms with Crippen molar-refractivity contribution in [3.63, 3.8) is 0 Å². The maximum atomic E-state index is 14.7. The standard InChI is InChI=1S/C66H92ClFN6O15/c1-38-27-39(2)29-58(86-8)61-54(78)31-41(4)66(83,89-61)62(80)64(81)74-21-10-9-14-50(74)65(82)88-60(40(3)30-43-16-19-51(75)55(32-43)84-6)42(5)52(76)36-53(77)44(28-38)13-11-15-59(79)73-24-22-72(23-25-73)20-12-26-87-57-34-46-49(35-56(57)85-7)69-37-70-63(46)71-45-17-18-48(68)47(67)33-45/h17-18,28,30,33-35,37,39,41-44,50-52,54-55,58,60-61,75-76,78,83H,9-16,19-27,29,31-32,36H2,1-8H3,(H,69,70,71)/b38-28+,40-30+/t39-,41+,42+,43-,44+,50-,51+,52-,54-,55+,58-,60+,61-,66+/m0/s1. The number of piperazine rings is 1. The van der Waals surface area contributed by atoms with Crippen molar-refractivity contribution in [2.45, 2.75) is 179 Å². The molecule has 23 heteroatoms. The van der Waals surface area contributed by atoms with E-state index in [2.05, 4.69) is 20.2 Å². The summed E-state index contributed by atoms with van der Waals surface area (Å²) in [4.78, 5) is 86.1. The number of carbonyl (C=O) groups excluding carboxylic acids is 5. The Morgan fingerprint density at radius 3 is 2.35 bits per heavy atom. The van der Waals surface area contributed by atoms with Gasteiger partial charge in [-0.1, -0.05) is 50.1 Å². The molecule has 0 unspecified atom stereocenters. The van der Waals surface area contributed by atoms with Crippen LogP contribution in [-0.4, -0.2) is 196 Å². The maximum absolute atomic E-state index is 14.7. The number of rotatable bonds is 16. The molecule has 0 radical (unpaired) electrons. The summed E-state index contributed by atoms with van der Waals surface area (Å²) in [7, 11) is 4.54. The van der Waals surface area contributed by atoms with Crippen LogP contribution in [0.2, 0.25) is 5.02 Å². The maximum Gasteiger partial charge on any atom is 0.329 e. The Morgan fingerprint density at radius 1 is 0.876 bits per heavy atom. The number of nitrogens with zero attached hydrogens (tertiary/aromatic N) is 5. The number of hydrogen-bond donors (Lipinski definition) is 5. The molecule has 2 bridgehead atoms. The van der Waals surface area contributed by atoms with Crippen LogP contribution in [0.3, 0.4) is 0 Å². The van der Waals surface area contributed by atoms with Crippen molar-refractivity contribution in [3.8, 4) is 11.5 Å². The number of halogens is 2. The Bertz CT molecular complexity index is 3020. The highest BCUT2D eigenvalue weighted by atomic mass is 35.5. The molecule has 1 aliphatic carbocycles. The summed E-state index contributed by atoms with van der Waals surface area (Å²) in [6.45, 7) is 12.4. The van der Waals surface area contributed by atoms with E-state index in [1.165, 1.54) is 32.5 Å². The molecule has 2 aromatic carbocycles. The minimum absolute atomic E-state index is 0.0190. The van der Waals surface area contributed by atoms with E-state index in [0.29, 0.717) is 136 Å². The number of ketones is 2. The Morgan fingerprint density at radius 2 is 1.63 bits per heavy atom. The Hall–Kier alpha value is -5.69. The third kappa shape index (κ3) is 17.3. The first kappa shape index (κ1) is 69.2. The fraction of sp³-hybridized carbons (Fsp3) is 0.652. The molecule has 1 aromatic heterocycles. The first-order valence-electron chi connectivity index (χ1n) is 31.6. The predicted octanol–water partition coefficient (Wildman–Crippen LogP) is 7.68. The van der Waals surface area contributed by atoms with Crippen LogP contribution in [0.25, 0.3) is 10.9 Å².